The van der Waals surface area contributed by atoms with Gasteiger partial charge in [-0.25, -0.2) is 0 Å². The van der Waals surface area contributed by atoms with Crippen LogP contribution >= 0.6 is 11.6 Å². The third-order valence-corrected chi connectivity index (χ3v) is 2.82. The first-order valence-corrected chi connectivity index (χ1v) is 6.54. The van der Waals surface area contributed by atoms with Crippen molar-refractivity contribution in [1.82, 2.24) is 4.90 Å². The fraction of sp³-hybridized carbons (Fsp3) is 0.462. The number of carbonyl (C=O) groups is 1. The maximum atomic E-state index is 12.3. The normalized spacial score (nSPS) is 11.3. The van der Waals surface area contributed by atoms with Crippen LogP contribution in [0.15, 0.2) is 24.3 Å². The fourth-order valence-electron chi connectivity index (χ4n) is 1.60. The Morgan fingerprint density at radius 1 is 1.33 bits per heavy atom. The third kappa shape index (κ3) is 6.68. The molecule has 0 fully saturated rings. The number of para-hydroxylation sites is 1. The molecule has 0 aliphatic carbocycles. The molecule has 0 aliphatic heterocycles. The molecule has 0 bridgehead atoms. The summed E-state index contributed by atoms with van der Waals surface area (Å²) in [6.45, 7) is -2.39. The second kappa shape index (κ2) is 8.09. The minimum Gasteiger partial charge on any atom is -0.491 e. The summed E-state index contributed by atoms with van der Waals surface area (Å²) in [5.41, 5.74) is 0. The predicted octanol–water partition coefficient (Wildman–Crippen LogP) is 2.49. The Balaban J connectivity index is 2.48. The molecule has 0 heterocycles. The molecule has 0 atom stereocenters. The molecule has 1 N–H and O–H groups in total. The van der Waals surface area contributed by atoms with Gasteiger partial charge in [-0.1, -0.05) is 23.7 Å². The summed E-state index contributed by atoms with van der Waals surface area (Å²) in [5.74, 6) is -0.384. The van der Waals surface area contributed by atoms with Gasteiger partial charge in [-0.2, -0.15) is 13.2 Å². The molecule has 0 radical (unpaired) electrons. The molecule has 1 rings (SSSR count). The van der Waals surface area contributed by atoms with E-state index in [1.807, 2.05) is 0 Å². The van der Waals surface area contributed by atoms with E-state index in [4.69, 9.17) is 21.4 Å². The largest absolute Gasteiger partial charge is 0.491 e. The van der Waals surface area contributed by atoms with Crippen molar-refractivity contribution in [3.05, 3.63) is 29.3 Å². The van der Waals surface area contributed by atoms with Crippen molar-refractivity contribution in [2.75, 3.05) is 26.3 Å². The van der Waals surface area contributed by atoms with E-state index in [0.717, 1.165) is 0 Å². The van der Waals surface area contributed by atoms with Crippen LogP contribution in [0.25, 0.3) is 0 Å². The number of aliphatic hydroxyl groups is 1. The highest BCUT2D eigenvalue weighted by atomic mass is 35.5. The molecule has 21 heavy (non-hydrogen) atoms. The first-order chi connectivity index (χ1) is 9.83. The van der Waals surface area contributed by atoms with E-state index in [1.165, 1.54) is 0 Å². The highest BCUT2D eigenvalue weighted by molar-refractivity contribution is 6.32. The quantitative estimate of drug-likeness (QED) is 0.838. The summed E-state index contributed by atoms with van der Waals surface area (Å²) in [6, 6.07) is 6.58. The molecular weight excluding hydrogens is 311 g/mol. The number of alkyl halides is 3. The van der Waals surface area contributed by atoms with E-state index in [2.05, 4.69) is 0 Å². The van der Waals surface area contributed by atoms with Gasteiger partial charge in [-0.15, -0.1) is 0 Å². The molecule has 0 spiro atoms. The maximum absolute atomic E-state index is 12.3. The second-order valence-electron chi connectivity index (χ2n) is 4.18. The number of amides is 1. The average Bonchev–Trinajstić information content (AvgIpc) is 2.39. The molecule has 0 unspecified atom stereocenters. The predicted molar refractivity (Wildman–Crippen MR) is 71.3 cm³/mol. The summed E-state index contributed by atoms with van der Waals surface area (Å²) in [4.78, 5) is 12.2. The Kier molecular flexibility index (Phi) is 6.77. The van der Waals surface area contributed by atoms with Crippen LogP contribution in [-0.4, -0.2) is 48.4 Å². The van der Waals surface area contributed by atoms with Gasteiger partial charge < -0.3 is 14.7 Å². The number of carbonyl (C=O) groups excluding carboxylic acids is 1. The molecule has 118 valence electrons. The highest BCUT2D eigenvalue weighted by Gasteiger charge is 2.32. The van der Waals surface area contributed by atoms with Gasteiger partial charge >= 0.3 is 6.18 Å². The van der Waals surface area contributed by atoms with E-state index < -0.39 is 25.2 Å². The average molecular weight is 326 g/mol. The molecule has 4 nitrogen and oxygen atoms in total. The van der Waals surface area contributed by atoms with Gasteiger partial charge in [0.1, 0.15) is 12.3 Å². The number of benzene rings is 1. The number of nitrogens with zero attached hydrogens (tertiary/aromatic N) is 1. The van der Waals surface area contributed by atoms with E-state index in [1.54, 1.807) is 24.3 Å². The summed E-state index contributed by atoms with van der Waals surface area (Å²) in [5, 5.41) is 9.07. The van der Waals surface area contributed by atoms with Gasteiger partial charge in [0.25, 0.3) is 0 Å². The van der Waals surface area contributed by atoms with E-state index in [0.29, 0.717) is 15.7 Å². The van der Waals surface area contributed by atoms with E-state index >= 15 is 0 Å². The molecule has 0 saturated heterocycles. The van der Waals surface area contributed by atoms with E-state index in [-0.39, 0.29) is 19.6 Å². The Morgan fingerprint density at radius 2 is 2.00 bits per heavy atom. The second-order valence-corrected chi connectivity index (χ2v) is 4.59. The van der Waals surface area contributed by atoms with Crippen molar-refractivity contribution in [2.24, 2.45) is 0 Å². The van der Waals surface area contributed by atoms with Crippen LogP contribution in [0.3, 0.4) is 0 Å². The lowest BCUT2D eigenvalue weighted by Gasteiger charge is -2.23. The zero-order valence-electron chi connectivity index (χ0n) is 11.1. The lowest BCUT2D eigenvalue weighted by molar-refractivity contribution is -0.162. The first kappa shape index (κ1) is 17.6. The van der Waals surface area contributed by atoms with Crippen LogP contribution in [0.4, 0.5) is 13.2 Å². The zero-order valence-corrected chi connectivity index (χ0v) is 11.8. The maximum Gasteiger partial charge on any atom is 0.406 e. The van der Waals surface area contributed by atoms with Crippen molar-refractivity contribution < 1.29 is 27.8 Å². The topological polar surface area (TPSA) is 49.8 Å². The molecule has 1 amide bonds. The molecule has 0 aliphatic rings. The molecule has 8 heteroatoms. The molecular formula is C13H15ClF3NO3. The van der Waals surface area contributed by atoms with Crippen LogP contribution in [0, 0.1) is 0 Å². The smallest absolute Gasteiger partial charge is 0.406 e. The van der Waals surface area contributed by atoms with Gasteiger partial charge in [-0.05, 0) is 12.1 Å². The minimum atomic E-state index is -4.51. The molecule has 1 aromatic rings. The Labute approximate surface area is 125 Å². The van der Waals surface area contributed by atoms with Crippen LogP contribution in [0.2, 0.25) is 5.02 Å². The lowest BCUT2D eigenvalue weighted by atomic mass is 10.3. The van der Waals surface area contributed by atoms with Crippen molar-refractivity contribution in [3.8, 4) is 5.75 Å². The summed E-state index contributed by atoms with van der Waals surface area (Å²) >= 11 is 5.84. The van der Waals surface area contributed by atoms with E-state index in [9.17, 15) is 18.0 Å². The Hall–Kier alpha value is -1.47. The summed E-state index contributed by atoms with van der Waals surface area (Å²) in [6.07, 6.45) is -4.74. The highest BCUT2D eigenvalue weighted by Crippen LogP contribution is 2.23. The van der Waals surface area contributed by atoms with Crippen molar-refractivity contribution in [2.45, 2.75) is 12.6 Å². The van der Waals surface area contributed by atoms with Crippen LogP contribution in [0.5, 0.6) is 5.75 Å². The van der Waals surface area contributed by atoms with Crippen LogP contribution in [-0.2, 0) is 4.79 Å². The van der Waals surface area contributed by atoms with Gasteiger partial charge in [0, 0.05) is 6.54 Å². The lowest BCUT2D eigenvalue weighted by Crippen LogP contribution is -2.41. The number of aliphatic hydroxyl groups excluding tert-OH is 1. The van der Waals surface area contributed by atoms with Gasteiger partial charge in [-0.3, -0.25) is 4.79 Å². The van der Waals surface area contributed by atoms with Crippen molar-refractivity contribution in [1.29, 1.82) is 0 Å². The molecule has 0 aromatic heterocycles. The number of rotatable bonds is 7. The first-order valence-electron chi connectivity index (χ1n) is 6.16. The number of halogens is 4. The van der Waals surface area contributed by atoms with Gasteiger partial charge in [0.05, 0.1) is 24.7 Å². The van der Waals surface area contributed by atoms with Crippen LogP contribution < -0.4 is 4.74 Å². The van der Waals surface area contributed by atoms with Gasteiger partial charge in [0.2, 0.25) is 5.91 Å². The molecule has 0 saturated carbocycles. The number of hydrogen-bond acceptors (Lipinski definition) is 3. The SMILES string of the molecule is O=C(CCOc1ccccc1Cl)N(CCO)CC(F)(F)F. The van der Waals surface area contributed by atoms with Gasteiger partial charge in [0.15, 0.2) is 0 Å². The monoisotopic (exact) mass is 325 g/mol. The summed E-state index contributed by atoms with van der Waals surface area (Å²) in [7, 11) is 0. The Morgan fingerprint density at radius 3 is 2.57 bits per heavy atom. The minimum absolute atomic E-state index is 0.0949. The standard InChI is InChI=1S/C13H15ClF3NO3/c14-10-3-1-2-4-11(10)21-8-5-12(20)18(6-7-19)9-13(15,16)17/h1-4,19H,5-9H2. The Bertz CT molecular complexity index is 468. The zero-order chi connectivity index (χ0) is 15.9. The number of ether oxygens (including phenoxy) is 1. The van der Waals surface area contributed by atoms with Crippen molar-refractivity contribution >= 4 is 17.5 Å². The van der Waals surface area contributed by atoms with Crippen molar-refractivity contribution in [3.63, 3.8) is 0 Å². The summed E-state index contributed by atoms with van der Waals surface area (Å²) < 4.78 is 42.2. The third-order valence-electron chi connectivity index (χ3n) is 2.50. The fourth-order valence-corrected chi connectivity index (χ4v) is 1.79. The molecule has 1 aromatic carbocycles. The number of hydrogen-bond donors (Lipinski definition) is 1. The van der Waals surface area contributed by atoms with Crippen LogP contribution in [0.1, 0.15) is 6.42 Å².